The minimum atomic E-state index is -2.52. The summed E-state index contributed by atoms with van der Waals surface area (Å²) >= 11 is 11.3. The maximum Gasteiger partial charge on any atom is 0.261 e. The number of furan rings is 1. The summed E-state index contributed by atoms with van der Waals surface area (Å²) in [7, 11) is 0. The highest BCUT2D eigenvalue weighted by Gasteiger charge is 2.20. The second-order valence-electron chi connectivity index (χ2n) is 5.84. The number of aromatic nitrogens is 1. The van der Waals surface area contributed by atoms with Crippen LogP contribution in [0.15, 0.2) is 32.5 Å². The topological polar surface area (TPSA) is 73.3 Å². The molecule has 0 radical (unpaired) electrons. The standard InChI is InChI=1S/C17H17BrClF2N3O2S/c18-15-12(4-9(22)7-25-8-14(20)21)26-17-11(5-13(19)24-16(15)17)23-6-10-2-1-3-27-10/h1-3,5,9,14H,4,6-8,22H2,(H,23,24)/t9-/m1/s1. The Kier molecular flexibility index (Phi) is 7.04. The van der Waals surface area contributed by atoms with Crippen molar-refractivity contribution >= 4 is 55.7 Å². The van der Waals surface area contributed by atoms with Crippen LogP contribution < -0.4 is 11.1 Å². The Balaban J connectivity index is 1.77. The van der Waals surface area contributed by atoms with Crippen molar-refractivity contribution in [1.82, 2.24) is 4.98 Å². The van der Waals surface area contributed by atoms with Gasteiger partial charge in [-0.05, 0) is 27.4 Å². The van der Waals surface area contributed by atoms with E-state index in [1.54, 1.807) is 17.4 Å². The number of hydrogen-bond acceptors (Lipinski definition) is 6. The fourth-order valence-corrected chi connectivity index (χ4v) is 3.87. The molecular weight excluding hydrogens is 464 g/mol. The van der Waals surface area contributed by atoms with Gasteiger partial charge in [-0.3, -0.25) is 0 Å². The molecule has 3 rings (SSSR count). The van der Waals surface area contributed by atoms with Crippen LogP contribution in [-0.2, 0) is 17.7 Å². The van der Waals surface area contributed by atoms with Gasteiger partial charge in [0.05, 0.1) is 16.8 Å². The van der Waals surface area contributed by atoms with Gasteiger partial charge < -0.3 is 20.2 Å². The number of nitrogens with one attached hydrogen (secondary N) is 1. The van der Waals surface area contributed by atoms with E-state index >= 15 is 0 Å². The number of nitrogens with zero attached hydrogens (tertiary/aromatic N) is 1. The zero-order valence-corrected chi connectivity index (χ0v) is 17.2. The maximum absolute atomic E-state index is 12.2. The molecule has 5 nitrogen and oxygen atoms in total. The fourth-order valence-electron chi connectivity index (χ4n) is 2.52. The molecule has 27 heavy (non-hydrogen) atoms. The lowest BCUT2D eigenvalue weighted by atomic mass is 10.2. The third-order valence-corrected chi connectivity index (χ3v) is 5.56. The molecule has 0 amide bonds. The predicted molar refractivity (Wildman–Crippen MR) is 107 cm³/mol. The highest BCUT2D eigenvalue weighted by Crippen LogP contribution is 2.36. The Hall–Kier alpha value is -1.26. The lowest BCUT2D eigenvalue weighted by Gasteiger charge is -2.10. The number of ether oxygens (including phenoxy) is 1. The van der Waals surface area contributed by atoms with Gasteiger partial charge in [0, 0.05) is 30.0 Å². The first-order chi connectivity index (χ1) is 12.9. The lowest BCUT2D eigenvalue weighted by molar-refractivity contribution is 0.0124. The zero-order valence-electron chi connectivity index (χ0n) is 14.1. The van der Waals surface area contributed by atoms with Gasteiger partial charge in [-0.25, -0.2) is 13.8 Å². The summed E-state index contributed by atoms with van der Waals surface area (Å²) in [5, 5.41) is 5.64. The third kappa shape index (κ3) is 5.39. The van der Waals surface area contributed by atoms with Crippen molar-refractivity contribution in [3.8, 4) is 0 Å². The van der Waals surface area contributed by atoms with Crippen molar-refractivity contribution in [2.45, 2.75) is 25.4 Å². The number of thiophene rings is 1. The predicted octanol–water partition coefficient (Wildman–Crippen LogP) is 5.07. The molecule has 0 aromatic carbocycles. The number of rotatable bonds is 9. The minimum Gasteiger partial charge on any atom is -0.456 e. The Labute approximate surface area is 172 Å². The molecular formula is C17H17BrClF2N3O2S. The van der Waals surface area contributed by atoms with Crippen molar-refractivity contribution in [2.75, 3.05) is 18.5 Å². The monoisotopic (exact) mass is 479 g/mol. The van der Waals surface area contributed by atoms with E-state index in [0.29, 0.717) is 45.1 Å². The van der Waals surface area contributed by atoms with E-state index in [4.69, 9.17) is 26.5 Å². The van der Waals surface area contributed by atoms with E-state index in [-0.39, 0.29) is 6.61 Å². The van der Waals surface area contributed by atoms with Crippen molar-refractivity contribution in [3.05, 3.63) is 43.8 Å². The first-order valence-electron chi connectivity index (χ1n) is 8.09. The summed E-state index contributed by atoms with van der Waals surface area (Å²) < 4.78 is 35.8. The molecule has 3 aromatic heterocycles. The van der Waals surface area contributed by atoms with E-state index < -0.39 is 19.1 Å². The van der Waals surface area contributed by atoms with Crippen LogP contribution in [0.2, 0.25) is 5.15 Å². The van der Waals surface area contributed by atoms with Crippen LogP contribution >= 0.6 is 38.9 Å². The maximum atomic E-state index is 12.2. The fraction of sp³-hybridized carbons (Fsp3) is 0.353. The van der Waals surface area contributed by atoms with Crippen LogP contribution in [0.4, 0.5) is 14.5 Å². The highest BCUT2D eigenvalue weighted by molar-refractivity contribution is 9.10. The summed E-state index contributed by atoms with van der Waals surface area (Å²) in [6.45, 7) is -0.00378. The SMILES string of the molecule is N[C@@H](COCC(F)F)Cc1oc2c(NCc3cccs3)cc(Cl)nc2c1Br. The van der Waals surface area contributed by atoms with Crippen LogP contribution in [0, 0.1) is 0 Å². The van der Waals surface area contributed by atoms with Gasteiger partial charge in [-0.2, -0.15) is 0 Å². The number of hydrogen-bond donors (Lipinski definition) is 2. The second-order valence-corrected chi connectivity index (χ2v) is 8.05. The second kappa shape index (κ2) is 9.29. The Morgan fingerprint density at radius 2 is 2.22 bits per heavy atom. The molecule has 0 fully saturated rings. The van der Waals surface area contributed by atoms with E-state index in [1.165, 1.54) is 4.88 Å². The van der Waals surface area contributed by atoms with Gasteiger partial charge in [0.25, 0.3) is 6.43 Å². The molecule has 0 spiro atoms. The molecule has 3 heterocycles. The number of anilines is 1. The average molecular weight is 481 g/mol. The molecule has 0 bridgehead atoms. The number of halogens is 4. The quantitative estimate of drug-likeness (QED) is 0.418. The van der Waals surface area contributed by atoms with Crippen LogP contribution in [0.3, 0.4) is 0 Å². The lowest BCUT2D eigenvalue weighted by Crippen LogP contribution is -2.29. The molecule has 3 aromatic rings. The summed E-state index contributed by atoms with van der Waals surface area (Å²) in [6.07, 6.45) is -2.21. The molecule has 0 unspecified atom stereocenters. The molecule has 0 aliphatic heterocycles. The molecule has 3 N–H and O–H groups in total. The van der Waals surface area contributed by atoms with Crippen molar-refractivity contribution in [3.63, 3.8) is 0 Å². The van der Waals surface area contributed by atoms with Gasteiger partial charge in [0.15, 0.2) is 5.58 Å². The zero-order chi connectivity index (χ0) is 19.4. The molecule has 10 heteroatoms. The first-order valence-corrected chi connectivity index (χ1v) is 10.1. The molecule has 146 valence electrons. The van der Waals surface area contributed by atoms with Gasteiger partial charge in [-0.15, -0.1) is 11.3 Å². The summed E-state index contributed by atoms with van der Waals surface area (Å²) in [5.74, 6) is 0.562. The molecule has 0 saturated carbocycles. The Bertz CT molecular complexity index is 892. The molecule has 0 saturated heterocycles. The van der Waals surface area contributed by atoms with Gasteiger partial charge >= 0.3 is 0 Å². The number of nitrogens with two attached hydrogens (primary N) is 1. The number of pyridine rings is 1. The molecule has 1 atom stereocenters. The van der Waals surface area contributed by atoms with Crippen LogP contribution in [0.25, 0.3) is 11.1 Å². The summed E-state index contributed by atoms with van der Waals surface area (Å²) in [6, 6.07) is 5.22. The average Bonchev–Trinajstić information content (AvgIpc) is 3.22. The largest absolute Gasteiger partial charge is 0.456 e. The van der Waals surface area contributed by atoms with Crippen LogP contribution in [0.5, 0.6) is 0 Å². The van der Waals surface area contributed by atoms with Crippen molar-refractivity contribution < 1.29 is 17.9 Å². The van der Waals surface area contributed by atoms with Gasteiger partial charge in [0.1, 0.15) is 23.0 Å². The Morgan fingerprint density at radius 1 is 1.41 bits per heavy atom. The summed E-state index contributed by atoms with van der Waals surface area (Å²) in [4.78, 5) is 5.48. The van der Waals surface area contributed by atoms with Gasteiger partial charge in [0.2, 0.25) is 0 Å². The van der Waals surface area contributed by atoms with E-state index in [9.17, 15) is 8.78 Å². The number of alkyl halides is 2. The van der Waals surface area contributed by atoms with E-state index in [1.807, 2.05) is 17.5 Å². The minimum absolute atomic E-state index is 0.00545. The smallest absolute Gasteiger partial charge is 0.261 e. The normalized spacial score (nSPS) is 12.8. The number of fused-ring (bicyclic) bond motifs is 1. The molecule has 0 aliphatic rings. The highest BCUT2D eigenvalue weighted by atomic mass is 79.9. The summed E-state index contributed by atoms with van der Waals surface area (Å²) in [5.41, 5.74) is 7.81. The van der Waals surface area contributed by atoms with Crippen molar-refractivity contribution in [2.24, 2.45) is 5.73 Å². The van der Waals surface area contributed by atoms with Crippen LogP contribution in [0.1, 0.15) is 10.6 Å². The van der Waals surface area contributed by atoms with Crippen LogP contribution in [-0.4, -0.2) is 30.7 Å². The van der Waals surface area contributed by atoms with Gasteiger partial charge in [-0.1, -0.05) is 17.7 Å². The first kappa shape index (κ1) is 20.5. The van der Waals surface area contributed by atoms with E-state index in [2.05, 4.69) is 26.2 Å². The Morgan fingerprint density at radius 3 is 2.93 bits per heavy atom. The van der Waals surface area contributed by atoms with Crippen molar-refractivity contribution in [1.29, 1.82) is 0 Å². The molecule has 0 aliphatic carbocycles. The van der Waals surface area contributed by atoms with E-state index in [0.717, 1.165) is 0 Å². The third-order valence-electron chi connectivity index (χ3n) is 3.68.